The molecule has 0 aliphatic heterocycles. The molecular weight excluding hydrogens is 309 g/mol. The number of anilines is 2. The number of alkyl halides is 3. The van der Waals surface area contributed by atoms with Crippen LogP contribution in [0.25, 0.3) is 0 Å². The van der Waals surface area contributed by atoms with E-state index in [2.05, 4.69) is 10.6 Å². The van der Waals surface area contributed by atoms with Crippen LogP contribution in [0.4, 0.5) is 29.3 Å². The van der Waals surface area contributed by atoms with Crippen molar-refractivity contribution < 1.29 is 23.1 Å². The van der Waals surface area contributed by atoms with Crippen LogP contribution in [0.15, 0.2) is 48.5 Å². The Hall–Kier alpha value is -2.54. The minimum Gasteiger partial charge on any atom is -0.389 e. The summed E-state index contributed by atoms with van der Waals surface area (Å²) in [4.78, 5) is 11.9. The summed E-state index contributed by atoms with van der Waals surface area (Å²) in [5.41, 5.74) is 0.227. The average molecular weight is 324 g/mol. The Bertz CT molecular complexity index is 700. The van der Waals surface area contributed by atoms with Crippen LogP contribution in [-0.4, -0.2) is 11.1 Å². The Balaban J connectivity index is 2.07. The molecule has 0 bridgehead atoms. The summed E-state index contributed by atoms with van der Waals surface area (Å²) in [6, 6.07) is 10.2. The molecule has 2 rings (SSSR count). The quantitative estimate of drug-likeness (QED) is 0.783. The molecule has 1 atom stereocenters. The van der Waals surface area contributed by atoms with Gasteiger partial charge in [0.2, 0.25) is 0 Å². The van der Waals surface area contributed by atoms with Crippen molar-refractivity contribution in [3.05, 3.63) is 59.7 Å². The largest absolute Gasteiger partial charge is 0.416 e. The number of amides is 2. The molecule has 0 unspecified atom stereocenters. The fraction of sp³-hybridized carbons (Fsp3) is 0.188. The van der Waals surface area contributed by atoms with Crippen LogP contribution in [0.3, 0.4) is 0 Å². The lowest BCUT2D eigenvalue weighted by Crippen LogP contribution is -2.20. The number of rotatable bonds is 3. The number of benzene rings is 2. The highest BCUT2D eigenvalue weighted by Gasteiger charge is 2.30. The molecule has 0 radical (unpaired) electrons. The lowest BCUT2D eigenvalue weighted by molar-refractivity contribution is -0.137. The van der Waals surface area contributed by atoms with Crippen LogP contribution < -0.4 is 10.6 Å². The lowest BCUT2D eigenvalue weighted by Gasteiger charge is -2.12. The highest BCUT2D eigenvalue weighted by molar-refractivity contribution is 5.99. The van der Waals surface area contributed by atoms with Gasteiger partial charge in [0.1, 0.15) is 0 Å². The molecule has 23 heavy (non-hydrogen) atoms. The van der Waals surface area contributed by atoms with Gasteiger partial charge in [-0.3, -0.25) is 0 Å². The van der Waals surface area contributed by atoms with Crippen molar-refractivity contribution >= 4 is 17.4 Å². The molecule has 2 aromatic carbocycles. The number of aliphatic hydroxyl groups excluding tert-OH is 1. The van der Waals surface area contributed by atoms with Crippen molar-refractivity contribution in [1.82, 2.24) is 0 Å². The van der Waals surface area contributed by atoms with Crippen LogP contribution in [0, 0.1) is 0 Å². The Kier molecular flexibility index (Phi) is 4.90. The van der Waals surface area contributed by atoms with Crippen LogP contribution in [0.1, 0.15) is 24.2 Å². The monoisotopic (exact) mass is 324 g/mol. The molecule has 4 nitrogen and oxygen atoms in total. The van der Waals surface area contributed by atoms with Gasteiger partial charge in [-0.1, -0.05) is 18.2 Å². The molecule has 0 aliphatic carbocycles. The third-order valence-electron chi connectivity index (χ3n) is 3.07. The molecule has 0 heterocycles. The summed E-state index contributed by atoms with van der Waals surface area (Å²) in [5.74, 6) is 0. The van der Waals surface area contributed by atoms with E-state index in [4.69, 9.17) is 0 Å². The van der Waals surface area contributed by atoms with Gasteiger partial charge in [0.05, 0.1) is 11.7 Å². The minimum atomic E-state index is -4.47. The summed E-state index contributed by atoms with van der Waals surface area (Å²) in [5, 5.41) is 14.3. The lowest BCUT2D eigenvalue weighted by atomic mass is 10.1. The predicted molar refractivity (Wildman–Crippen MR) is 81.2 cm³/mol. The van der Waals surface area contributed by atoms with Gasteiger partial charge < -0.3 is 15.7 Å². The smallest absolute Gasteiger partial charge is 0.389 e. The van der Waals surface area contributed by atoms with Crippen LogP contribution in [0.5, 0.6) is 0 Å². The summed E-state index contributed by atoms with van der Waals surface area (Å²) >= 11 is 0. The summed E-state index contributed by atoms with van der Waals surface area (Å²) in [6.45, 7) is 1.59. The van der Waals surface area contributed by atoms with E-state index in [1.165, 1.54) is 12.1 Å². The molecule has 122 valence electrons. The normalized spacial score (nSPS) is 12.6. The second-order valence-corrected chi connectivity index (χ2v) is 4.96. The summed E-state index contributed by atoms with van der Waals surface area (Å²) in [6.07, 6.45) is -5.16. The van der Waals surface area contributed by atoms with Crippen molar-refractivity contribution in [2.24, 2.45) is 0 Å². The Morgan fingerprint density at radius 1 is 1.04 bits per heavy atom. The second kappa shape index (κ2) is 6.70. The number of carbonyl (C=O) groups excluding carboxylic acids is 1. The van der Waals surface area contributed by atoms with E-state index < -0.39 is 23.9 Å². The third-order valence-corrected chi connectivity index (χ3v) is 3.07. The summed E-state index contributed by atoms with van der Waals surface area (Å²) in [7, 11) is 0. The van der Waals surface area contributed by atoms with Crippen molar-refractivity contribution in [1.29, 1.82) is 0 Å². The fourth-order valence-electron chi connectivity index (χ4n) is 1.94. The van der Waals surface area contributed by atoms with Crippen molar-refractivity contribution in [2.45, 2.75) is 19.2 Å². The molecule has 0 aliphatic rings. The number of hydrogen-bond donors (Lipinski definition) is 3. The first-order valence-electron chi connectivity index (χ1n) is 6.79. The number of halogens is 3. The highest BCUT2D eigenvalue weighted by atomic mass is 19.4. The van der Waals surface area contributed by atoms with Crippen molar-refractivity contribution in [2.75, 3.05) is 10.6 Å². The highest BCUT2D eigenvalue weighted by Crippen LogP contribution is 2.30. The van der Waals surface area contributed by atoms with E-state index in [9.17, 15) is 23.1 Å². The first kappa shape index (κ1) is 16.8. The van der Waals surface area contributed by atoms with Gasteiger partial charge in [0.15, 0.2) is 0 Å². The number of carbonyl (C=O) groups is 1. The van der Waals surface area contributed by atoms with E-state index in [0.29, 0.717) is 11.3 Å². The molecule has 2 aromatic rings. The Morgan fingerprint density at radius 3 is 2.17 bits per heavy atom. The van der Waals surface area contributed by atoms with Crippen LogP contribution >= 0.6 is 0 Å². The molecule has 7 heteroatoms. The Labute approximate surface area is 131 Å². The standard InChI is InChI=1S/C16H15F3N2O2/c1-10(22)11-4-2-6-13(8-11)20-15(23)21-14-7-3-5-12(9-14)16(17,18)19/h2-10,22H,1H3,(H2,20,21,23)/t10-/m1/s1. The molecule has 2 amide bonds. The minimum absolute atomic E-state index is 0.0315. The van der Waals surface area contributed by atoms with Gasteiger partial charge in [-0.05, 0) is 42.8 Å². The predicted octanol–water partition coefficient (Wildman–Crippen LogP) is 4.40. The van der Waals surface area contributed by atoms with Gasteiger partial charge >= 0.3 is 12.2 Å². The van der Waals surface area contributed by atoms with E-state index in [1.807, 2.05) is 0 Å². The maximum atomic E-state index is 12.6. The van der Waals surface area contributed by atoms with E-state index in [-0.39, 0.29) is 5.69 Å². The molecule has 0 saturated carbocycles. The van der Waals surface area contributed by atoms with E-state index in [1.54, 1.807) is 31.2 Å². The molecule has 3 N–H and O–H groups in total. The van der Waals surface area contributed by atoms with E-state index >= 15 is 0 Å². The zero-order valence-electron chi connectivity index (χ0n) is 12.2. The zero-order valence-corrected chi connectivity index (χ0v) is 12.2. The number of nitrogens with one attached hydrogen (secondary N) is 2. The van der Waals surface area contributed by atoms with Crippen molar-refractivity contribution in [3.8, 4) is 0 Å². The summed E-state index contributed by atoms with van der Waals surface area (Å²) < 4.78 is 37.9. The van der Waals surface area contributed by atoms with Gasteiger partial charge in [-0.25, -0.2) is 4.79 Å². The van der Waals surface area contributed by atoms with Crippen LogP contribution in [-0.2, 0) is 6.18 Å². The average Bonchev–Trinajstić information content (AvgIpc) is 2.46. The SMILES string of the molecule is C[C@@H](O)c1cccc(NC(=O)Nc2cccc(C(F)(F)F)c2)c1. The molecule has 0 spiro atoms. The number of aliphatic hydroxyl groups is 1. The second-order valence-electron chi connectivity index (χ2n) is 4.96. The fourth-order valence-corrected chi connectivity index (χ4v) is 1.94. The topological polar surface area (TPSA) is 61.4 Å². The first-order valence-corrected chi connectivity index (χ1v) is 6.79. The van der Waals surface area contributed by atoms with Gasteiger partial charge in [0, 0.05) is 11.4 Å². The maximum absolute atomic E-state index is 12.6. The van der Waals surface area contributed by atoms with E-state index in [0.717, 1.165) is 12.1 Å². The van der Waals surface area contributed by atoms with Crippen molar-refractivity contribution in [3.63, 3.8) is 0 Å². The first-order chi connectivity index (χ1) is 10.8. The molecule has 0 fully saturated rings. The van der Waals surface area contributed by atoms with Crippen LogP contribution in [0.2, 0.25) is 0 Å². The number of urea groups is 1. The molecule has 0 saturated heterocycles. The maximum Gasteiger partial charge on any atom is 0.416 e. The number of hydrogen-bond acceptors (Lipinski definition) is 2. The Morgan fingerprint density at radius 2 is 1.61 bits per heavy atom. The van der Waals surface area contributed by atoms with Gasteiger partial charge in [-0.15, -0.1) is 0 Å². The zero-order chi connectivity index (χ0) is 17.0. The molecular formula is C16H15F3N2O2. The van der Waals surface area contributed by atoms with Gasteiger partial charge in [-0.2, -0.15) is 13.2 Å². The van der Waals surface area contributed by atoms with Gasteiger partial charge in [0.25, 0.3) is 0 Å². The molecule has 0 aromatic heterocycles. The third kappa shape index (κ3) is 4.72.